The highest BCUT2D eigenvalue weighted by atomic mass is 16.1. The third-order valence-corrected chi connectivity index (χ3v) is 6.38. The van der Waals surface area contributed by atoms with E-state index in [1.54, 1.807) is 0 Å². The van der Waals surface area contributed by atoms with Crippen LogP contribution in [-0.4, -0.2) is 5.91 Å². The highest BCUT2D eigenvalue weighted by Gasteiger charge is 2.11. The van der Waals surface area contributed by atoms with Crippen molar-refractivity contribution in [3.05, 3.63) is 115 Å². The Morgan fingerprint density at radius 2 is 1.27 bits per heavy atom. The summed E-state index contributed by atoms with van der Waals surface area (Å²) in [5.41, 5.74) is 6.47. The minimum absolute atomic E-state index is 0.144. The van der Waals surface area contributed by atoms with Crippen molar-refractivity contribution in [2.75, 3.05) is 16.0 Å². The molecule has 2 heterocycles. The number of benzene rings is 3. The van der Waals surface area contributed by atoms with Crippen LogP contribution >= 0.6 is 0 Å². The topological polar surface area (TPSA) is 60.9 Å². The van der Waals surface area contributed by atoms with Crippen LogP contribution in [-0.2, 0) is 13.1 Å². The van der Waals surface area contributed by atoms with Gasteiger partial charge in [-0.3, -0.25) is 4.79 Å². The quantitative estimate of drug-likeness (QED) is 0.228. The smallest absolute Gasteiger partial charge is 0.255 e. The summed E-state index contributed by atoms with van der Waals surface area (Å²) >= 11 is 0. The van der Waals surface area contributed by atoms with E-state index in [0.29, 0.717) is 5.56 Å². The Morgan fingerprint density at radius 3 is 1.97 bits per heavy atom. The Morgan fingerprint density at radius 1 is 0.649 bits per heavy atom. The molecule has 6 heteroatoms. The van der Waals surface area contributed by atoms with Crippen molar-refractivity contribution in [3.63, 3.8) is 0 Å². The van der Waals surface area contributed by atoms with E-state index in [2.05, 4.69) is 75.5 Å². The molecular formula is C31H31N5O+2. The Hall–Kier alpha value is -4.71. The van der Waals surface area contributed by atoms with Crippen LogP contribution in [0.1, 0.15) is 24.2 Å². The van der Waals surface area contributed by atoms with E-state index < -0.39 is 0 Å². The molecule has 0 unspecified atom stereocenters. The molecule has 0 bridgehead atoms. The summed E-state index contributed by atoms with van der Waals surface area (Å²) < 4.78 is 4.33. The average molecular weight is 490 g/mol. The summed E-state index contributed by atoms with van der Waals surface area (Å²) in [6.07, 6.45) is 6.17. The van der Waals surface area contributed by atoms with E-state index in [1.165, 1.54) is 10.9 Å². The van der Waals surface area contributed by atoms with Gasteiger partial charge in [0.25, 0.3) is 5.91 Å². The lowest BCUT2D eigenvalue weighted by Crippen LogP contribution is -2.32. The van der Waals surface area contributed by atoms with Gasteiger partial charge in [0.05, 0.1) is 16.8 Å². The number of hydrogen-bond acceptors (Lipinski definition) is 3. The van der Waals surface area contributed by atoms with Crippen LogP contribution in [0.15, 0.2) is 110 Å². The van der Waals surface area contributed by atoms with Crippen LogP contribution in [0.3, 0.4) is 0 Å². The third kappa shape index (κ3) is 5.59. The number of carbonyl (C=O) groups is 1. The third-order valence-electron chi connectivity index (χ3n) is 6.38. The molecule has 1 amide bonds. The number of nitrogens with one attached hydrogen (secondary N) is 3. The first-order valence-corrected chi connectivity index (χ1v) is 12.6. The predicted octanol–water partition coefficient (Wildman–Crippen LogP) is 6.19. The lowest BCUT2D eigenvalue weighted by molar-refractivity contribution is -0.693. The number of hydrogen-bond donors (Lipinski definition) is 3. The molecule has 2 aromatic heterocycles. The molecule has 184 valence electrons. The van der Waals surface area contributed by atoms with Crippen LogP contribution in [0.25, 0.3) is 10.9 Å². The number of carbonyl (C=O) groups excluding carboxylic acids is 1. The Balaban J connectivity index is 1.22. The molecule has 0 radical (unpaired) electrons. The molecule has 5 aromatic rings. The second kappa shape index (κ2) is 10.9. The van der Waals surface area contributed by atoms with Crippen molar-refractivity contribution >= 4 is 45.2 Å². The van der Waals surface area contributed by atoms with E-state index in [1.807, 2.05) is 73.1 Å². The van der Waals surface area contributed by atoms with Gasteiger partial charge in [-0.2, -0.15) is 4.57 Å². The molecule has 5 rings (SSSR count). The fourth-order valence-corrected chi connectivity index (χ4v) is 4.29. The highest BCUT2D eigenvalue weighted by molar-refractivity contribution is 6.04. The number of rotatable bonds is 8. The first-order valence-electron chi connectivity index (χ1n) is 12.6. The Kier molecular flexibility index (Phi) is 7.08. The zero-order valence-electron chi connectivity index (χ0n) is 21.1. The second-order valence-corrected chi connectivity index (χ2v) is 8.81. The van der Waals surface area contributed by atoms with Gasteiger partial charge in [-0.25, -0.2) is 4.57 Å². The fraction of sp³-hybridized carbons (Fsp3) is 0.129. The Bertz CT molecular complexity index is 1510. The van der Waals surface area contributed by atoms with Crippen LogP contribution in [0, 0.1) is 0 Å². The maximum Gasteiger partial charge on any atom is 0.255 e. The van der Waals surface area contributed by atoms with E-state index in [4.69, 9.17) is 0 Å². The molecule has 0 aliphatic rings. The zero-order chi connectivity index (χ0) is 25.6. The summed E-state index contributed by atoms with van der Waals surface area (Å²) in [5, 5.41) is 11.0. The van der Waals surface area contributed by atoms with Gasteiger partial charge in [0.15, 0.2) is 18.6 Å². The van der Waals surface area contributed by atoms with Crippen LogP contribution in [0.5, 0.6) is 0 Å². The summed E-state index contributed by atoms with van der Waals surface area (Å²) in [5.74, 6) is -0.144. The van der Waals surface area contributed by atoms with Crippen LogP contribution in [0.4, 0.5) is 28.4 Å². The maximum absolute atomic E-state index is 12.8. The van der Waals surface area contributed by atoms with Gasteiger partial charge in [-0.15, -0.1) is 0 Å². The summed E-state index contributed by atoms with van der Waals surface area (Å²) in [6.45, 7) is 6.10. The first-order chi connectivity index (χ1) is 18.1. The lowest BCUT2D eigenvalue weighted by atomic mass is 10.1. The van der Waals surface area contributed by atoms with Gasteiger partial charge in [-0.05, 0) is 68.4 Å². The summed E-state index contributed by atoms with van der Waals surface area (Å²) in [6, 6.07) is 29.8. The number of fused-ring (bicyclic) bond motifs is 1. The van der Waals surface area contributed by atoms with E-state index in [-0.39, 0.29) is 5.91 Å². The number of aryl methyl sites for hydroxylation is 2. The lowest BCUT2D eigenvalue weighted by Gasteiger charge is -2.11. The van der Waals surface area contributed by atoms with Gasteiger partial charge >= 0.3 is 0 Å². The van der Waals surface area contributed by atoms with Crippen molar-refractivity contribution in [1.82, 2.24) is 0 Å². The van der Waals surface area contributed by atoms with Crippen molar-refractivity contribution in [2.24, 2.45) is 0 Å². The van der Waals surface area contributed by atoms with Crippen LogP contribution in [0.2, 0.25) is 0 Å². The number of nitrogens with zero attached hydrogens (tertiary/aromatic N) is 2. The number of aromatic nitrogens is 2. The van der Waals surface area contributed by atoms with Gasteiger partial charge < -0.3 is 16.0 Å². The molecule has 0 atom stereocenters. The molecule has 0 aliphatic heterocycles. The molecule has 0 saturated carbocycles. The van der Waals surface area contributed by atoms with Gasteiger partial charge in [-0.1, -0.05) is 12.1 Å². The van der Waals surface area contributed by atoms with E-state index in [9.17, 15) is 4.79 Å². The molecule has 0 saturated heterocycles. The van der Waals surface area contributed by atoms with Crippen molar-refractivity contribution in [2.45, 2.75) is 26.9 Å². The molecule has 0 fully saturated rings. The fourth-order valence-electron chi connectivity index (χ4n) is 4.29. The number of anilines is 5. The van der Waals surface area contributed by atoms with Crippen LogP contribution < -0.4 is 25.1 Å². The van der Waals surface area contributed by atoms with Crippen molar-refractivity contribution < 1.29 is 13.9 Å². The molecule has 37 heavy (non-hydrogen) atoms. The molecular weight excluding hydrogens is 458 g/mol. The van der Waals surface area contributed by atoms with E-state index >= 15 is 0 Å². The normalized spacial score (nSPS) is 10.8. The van der Waals surface area contributed by atoms with E-state index in [0.717, 1.165) is 41.5 Å². The second-order valence-electron chi connectivity index (χ2n) is 8.81. The van der Waals surface area contributed by atoms with Gasteiger partial charge in [0, 0.05) is 46.9 Å². The summed E-state index contributed by atoms with van der Waals surface area (Å²) in [4.78, 5) is 12.8. The van der Waals surface area contributed by atoms with Crippen molar-refractivity contribution in [1.29, 1.82) is 0 Å². The number of pyridine rings is 2. The molecule has 0 aliphatic carbocycles. The Labute approximate surface area is 217 Å². The zero-order valence-corrected chi connectivity index (χ0v) is 21.1. The average Bonchev–Trinajstić information content (AvgIpc) is 2.95. The van der Waals surface area contributed by atoms with Gasteiger partial charge in [0.1, 0.15) is 13.1 Å². The van der Waals surface area contributed by atoms with Gasteiger partial charge in [0.2, 0.25) is 5.52 Å². The maximum atomic E-state index is 12.8. The molecule has 6 nitrogen and oxygen atoms in total. The number of para-hydroxylation sites is 1. The SMILES string of the molecule is CC[n+]1ccc(Nc2ccc(C(=O)Nc3ccc(Nc4cc[n+](CC)c5ccccc45)cc3)cc2)cc1. The standard InChI is InChI=1S/C31H29N5O/c1-3-35-20-17-27(18-21-35)32-24-11-9-23(10-12-24)31(37)34-26-15-13-25(14-16-26)33-29-19-22-36(4-2)30-8-6-5-7-28(29)30/h5-22H,3-4H2,1-2H3,(H,34,37)/p+2. The minimum atomic E-state index is -0.144. The minimum Gasteiger partial charge on any atom is -0.355 e. The predicted molar refractivity (Wildman–Crippen MR) is 150 cm³/mol. The highest BCUT2D eigenvalue weighted by Crippen LogP contribution is 2.25. The van der Waals surface area contributed by atoms with Crippen molar-refractivity contribution in [3.8, 4) is 0 Å². The molecule has 3 aromatic carbocycles. The summed E-state index contributed by atoms with van der Waals surface area (Å²) in [7, 11) is 0. The largest absolute Gasteiger partial charge is 0.355 e. The monoisotopic (exact) mass is 489 g/mol. The first kappa shape index (κ1) is 24.0. The number of amides is 1. The molecule has 3 N–H and O–H groups in total. The molecule has 0 spiro atoms.